The molecule has 0 heterocycles. The molecular formula is C18H19ClFNO. The zero-order chi connectivity index (χ0) is 16.2. The van der Waals surface area contributed by atoms with E-state index in [1.807, 2.05) is 26.0 Å². The number of nitrogens with one attached hydrogen (secondary N) is 1. The van der Waals surface area contributed by atoms with Gasteiger partial charge in [-0.1, -0.05) is 49.7 Å². The molecule has 0 unspecified atom stereocenters. The predicted molar refractivity (Wildman–Crippen MR) is 88.7 cm³/mol. The molecule has 2 rings (SSSR count). The second kappa shape index (κ2) is 6.93. The minimum absolute atomic E-state index is 0.202. The van der Waals surface area contributed by atoms with Gasteiger partial charge in [-0.2, -0.15) is 0 Å². The maximum atomic E-state index is 13.8. The Balaban J connectivity index is 2.36. The summed E-state index contributed by atoms with van der Waals surface area (Å²) in [7, 11) is 0. The van der Waals surface area contributed by atoms with Gasteiger partial charge in [0.2, 0.25) is 5.91 Å². The lowest BCUT2D eigenvalue weighted by Gasteiger charge is -2.31. The third kappa shape index (κ3) is 3.14. The largest absolute Gasteiger partial charge is 0.323 e. The molecular weight excluding hydrogens is 301 g/mol. The van der Waals surface area contributed by atoms with Crippen LogP contribution in [0.2, 0.25) is 5.02 Å². The first-order valence-corrected chi connectivity index (χ1v) is 7.73. The highest BCUT2D eigenvalue weighted by Gasteiger charge is 2.37. The summed E-state index contributed by atoms with van der Waals surface area (Å²) in [5.41, 5.74) is 0.385. The molecule has 2 nitrogen and oxygen atoms in total. The fraction of sp³-hybridized carbons (Fsp3) is 0.278. The lowest BCUT2D eigenvalue weighted by Crippen LogP contribution is -2.39. The van der Waals surface area contributed by atoms with Gasteiger partial charge in [0.15, 0.2) is 0 Å². The Bertz CT molecular complexity index is 650. The molecule has 0 aliphatic carbocycles. The van der Waals surface area contributed by atoms with Crippen LogP contribution in [0.4, 0.5) is 10.1 Å². The summed E-state index contributed by atoms with van der Waals surface area (Å²) in [6, 6.07) is 13.4. The fourth-order valence-corrected chi connectivity index (χ4v) is 2.81. The number of para-hydroxylation sites is 1. The number of anilines is 1. The third-order valence-electron chi connectivity index (χ3n) is 4.16. The highest BCUT2D eigenvalue weighted by Crippen LogP contribution is 2.34. The molecule has 1 N–H and O–H groups in total. The van der Waals surface area contributed by atoms with Gasteiger partial charge in [0.1, 0.15) is 5.82 Å². The Morgan fingerprint density at radius 1 is 1.09 bits per heavy atom. The van der Waals surface area contributed by atoms with Crippen molar-refractivity contribution in [2.45, 2.75) is 32.1 Å². The van der Waals surface area contributed by atoms with Crippen molar-refractivity contribution >= 4 is 23.2 Å². The number of halogens is 2. The van der Waals surface area contributed by atoms with E-state index >= 15 is 0 Å². The van der Waals surface area contributed by atoms with Crippen LogP contribution in [0.1, 0.15) is 32.3 Å². The van der Waals surface area contributed by atoms with Crippen LogP contribution in [-0.2, 0) is 10.2 Å². The molecule has 0 spiro atoms. The van der Waals surface area contributed by atoms with Crippen molar-refractivity contribution in [3.63, 3.8) is 0 Å². The SMILES string of the molecule is CCC(CC)(C(=O)Nc1ccccc1F)c1ccc(Cl)cc1. The number of hydrogen-bond acceptors (Lipinski definition) is 1. The first-order chi connectivity index (χ1) is 10.5. The van der Waals surface area contributed by atoms with Gasteiger partial charge < -0.3 is 5.32 Å². The number of carbonyl (C=O) groups is 1. The molecule has 0 fully saturated rings. The van der Waals surface area contributed by atoms with Gasteiger partial charge in [-0.3, -0.25) is 4.79 Å². The van der Waals surface area contributed by atoms with E-state index in [2.05, 4.69) is 5.32 Å². The maximum absolute atomic E-state index is 13.8. The average molecular weight is 320 g/mol. The van der Waals surface area contributed by atoms with Gasteiger partial charge in [0, 0.05) is 5.02 Å². The van der Waals surface area contributed by atoms with Crippen molar-refractivity contribution in [1.29, 1.82) is 0 Å². The molecule has 0 saturated heterocycles. The number of hydrogen-bond donors (Lipinski definition) is 1. The Labute approximate surface area is 135 Å². The van der Waals surface area contributed by atoms with Crippen LogP contribution in [-0.4, -0.2) is 5.91 Å². The standard InChI is InChI=1S/C18H19ClFNO/c1-3-18(4-2,13-9-11-14(19)12-10-13)17(22)21-16-8-6-5-7-15(16)20/h5-12H,3-4H2,1-2H3,(H,21,22). The molecule has 116 valence electrons. The van der Waals surface area contributed by atoms with Crippen LogP contribution < -0.4 is 5.32 Å². The summed E-state index contributed by atoms with van der Waals surface area (Å²) in [5.74, 6) is -0.641. The molecule has 1 amide bonds. The van der Waals surface area contributed by atoms with Crippen LogP contribution >= 0.6 is 11.6 Å². The summed E-state index contributed by atoms with van der Waals surface area (Å²) < 4.78 is 13.8. The van der Waals surface area contributed by atoms with Crippen LogP contribution in [0.25, 0.3) is 0 Å². The zero-order valence-electron chi connectivity index (χ0n) is 12.7. The molecule has 0 atom stereocenters. The molecule has 0 radical (unpaired) electrons. The minimum atomic E-state index is -0.702. The van der Waals surface area contributed by atoms with Crippen LogP contribution in [0.5, 0.6) is 0 Å². The van der Waals surface area contributed by atoms with Crippen LogP contribution in [0.15, 0.2) is 48.5 Å². The summed E-state index contributed by atoms with van der Waals surface area (Å²) in [4.78, 5) is 12.8. The van der Waals surface area contributed by atoms with E-state index in [-0.39, 0.29) is 11.6 Å². The topological polar surface area (TPSA) is 29.1 Å². The van der Waals surface area contributed by atoms with E-state index in [4.69, 9.17) is 11.6 Å². The van der Waals surface area contributed by atoms with E-state index in [0.29, 0.717) is 17.9 Å². The Morgan fingerprint density at radius 2 is 1.68 bits per heavy atom. The molecule has 0 saturated carbocycles. The molecule has 0 aliphatic rings. The van der Waals surface area contributed by atoms with E-state index in [9.17, 15) is 9.18 Å². The van der Waals surface area contributed by atoms with Crippen molar-refractivity contribution in [3.8, 4) is 0 Å². The second-order valence-electron chi connectivity index (χ2n) is 5.23. The lowest BCUT2D eigenvalue weighted by molar-refractivity contribution is -0.121. The second-order valence-corrected chi connectivity index (χ2v) is 5.67. The molecule has 0 aliphatic heterocycles. The number of rotatable bonds is 5. The number of benzene rings is 2. The van der Waals surface area contributed by atoms with Crippen molar-refractivity contribution in [1.82, 2.24) is 0 Å². The van der Waals surface area contributed by atoms with Crippen LogP contribution in [0, 0.1) is 5.82 Å². The molecule has 0 aromatic heterocycles. The highest BCUT2D eigenvalue weighted by molar-refractivity contribution is 6.30. The van der Waals surface area contributed by atoms with E-state index in [1.165, 1.54) is 6.07 Å². The lowest BCUT2D eigenvalue weighted by atomic mass is 9.75. The molecule has 0 bridgehead atoms. The minimum Gasteiger partial charge on any atom is -0.323 e. The van der Waals surface area contributed by atoms with Crippen molar-refractivity contribution in [2.24, 2.45) is 0 Å². The Kier molecular flexibility index (Phi) is 5.19. The van der Waals surface area contributed by atoms with Crippen LogP contribution in [0.3, 0.4) is 0 Å². The molecule has 2 aromatic rings. The van der Waals surface area contributed by atoms with E-state index in [0.717, 1.165) is 5.56 Å². The fourth-order valence-electron chi connectivity index (χ4n) is 2.68. The summed E-state index contributed by atoms with van der Waals surface area (Å²) in [6.45, 7) is 3.91. The van der Waals surface area contributed by atoms with Crippen molar-refractivity contribution < 1.29 is 9.18 Å². The highest BCUT2D eigenvalue weighted by atomic mass is 35.5. The summed E-state index contributed by atoms with van der Waals surface area (Å²) in [6.07, 6.45) is 1.23. The predicted octanol–water partition coefficient (Wildman–Crippen LogP) is 5.18. The Hall–Kier alpha value is -1.87. The van der Waals surface area contributed by atoms with Gasteiger partial charge in [0.05, 0.1) is 11.1 Å². The first-order valence-electron chi connectivity index (χ1n) is 7.35. The van der Waals surface area contributed by atoms with Gasteiger partial charge in [-0.25, -0.2) is 4.39 Å². The van der Waals surface area contributed by atoms with Crippen molar-refractivity contribution in [3.05, 3.63) is 64.9 Å². The van der Waals surface area contributed by atoms with E-state index < -0.39 is 11.2 Å². The summed E-state index contributed by atoms with van der Waals surface area (Å²) in [5, 5.41) is 3.34. The van der Waals surface area contributed by atoms with Crippen molar-refractivity contribution in [2.75, 3.05) is 5.32 Å². The smallest absolute Gasteiger partial charge is 0.235 e. The van der Waals surface area contributed by atoms with Gasteiger partial charge in [0.25, 0.3) is 0 Å². The van der Waals surface area contributed by atoms with Gasteiger partial charge >= 0.3 is 0 Å². The summed E-state index contributed by atoms with van der Waals surface area (Å²) >= 11 is 5.93. The monoisotopic (exact) mass is 319 g/mol. The number of amides is 1. The first kappa shape index (κ1) is 16.5. The van der Waals surface area contributed by atoms with Gasteiger partial charge in [-0.15, -0.1) is 0 Å². The molecule has 4 heteroatoms. The zero-order valence-corrected chi connectivity index (χ0v) is 13.5. The maximum Gasteiger partial charge on any atom is 0.235 e. The average Bonchev–Trinajstić information content (AvgIpc) is 2.53. The number of carbonyl (C=O) groups excluding carboxylic acids is 1. The quantitative estimate of drug-likeness (QED) is 0.808. The molecule has 22 heavy (non-hydrogen) atoms. The normalized spacial score (nSPS) is 11.3. The van der Waals surface area contributed by atoms with Gasteiger partial charge in [-0.05, 0) is 42.7 Å². The van der Waals surface area contributed by atoms with E-state index in [1.54, 1.807) is 30.3 Å². The Morgan fingerprint density at radius 3 is 2.23 bits per heavy atom. The molecule has 2 aromatic carbocycles. The third-order valence-corrected chi connectivity index (χ3v) is 4.41.